The molecule has 0 saturated carbocycles. The van der Waals surface area contributed by atoms with E-state index in [1.54, 1.807) is 30.3 Å². The maximum atomic E-state index is 14.1. The van der Waals surface area contributed by atoms with Crippen molar-refractivity contribution < 1.29 is 9.18 Å². The summed E-state index contributed by atoms with van der Waals surface area (Å²) < 4.78 is 17.2. The number of halogens is 1. The summed E-state index contributed by atoms with van der Waals surface area (Å²) in [5.74, 6) is 0.161. The minimum absolute atomic E-state index is 0.00971. The normalized spacial score (nSPS) is 20.1. The first kappa shape index (κ1) is 19.0. The van der Waals surface area contributed by atoms with Crippen molar-refractivity contribution in [3.63, 3.8) is 0 Å². The van der Waals surface area contributed by atoms with Gasteiger partial charge < -0.3 is 9.47 Å². The Labute approximate surface area is 175 Å². The summed E-state index contributed by atoms with van der Waals surface area (Å²) in [4.78, 5) is 26.9. The molecular weight excluding hydrogens is 407 g/mol. The van der Waals surface area contributed by atoms with Gasteiger partial charge in [-0.05, 0) is 41.0 Å². The van der Waals surface area contributed by atoms with Gasteiger partial charge in [0.15, 0.2) is 0 Å². The number of carbonyl (C=O) groups is 1. The van der Waals surface area contributed by atoms with E-state index in [2.05, 4.69) is 15.5 Å². The van der Waals surface area contributed by atoms with Gasteiger partial charge in [-0.2, -0.15) is 4.68 Å². The van der Waals surface area contributed by atoms with E-state index in [0.29, 0.717) is 24.8 Å². The Hall–Kier alpha value is -3.01. The van der Waals surface area contributed by atoms with Gasteiger partial charge in [0.05, 0.1) is 5.75 Å². The summed E-state index contributed by atoms with van der Waals surface area (Å²) in [6.45, 7) is 1.88. The number of pyridine rings is 1. The van der Waals surface area contributed by atoms with E-state index in [-0.39, 0.29) is 34.7 Å². The number of piperidine rings is 1. The fourth-order valence-corrected chi connectivity index (χ4v) is 5.15. The van der Waals surface area contributed by atoms with Gasteiger partial charge in [-0.25, -0.2) is 4.39 Å². The van der Waals surface area contributed by atoms with Crippen LogP contribution in [0, 0.1) is 11.7 Å². The van der Waals surface area contributed by atoms with Crippen molar-refractivity contribution in [2.75, 3.05) is 18.8 Å². The first-order valence-electron chi connectivity index (χ1n) is 9.74. The quantitative estimate of drug-likeness (QED) is 0.591. The molecule has 8 nitrogen and oxygen atoms in total. The van der Waals surface area contributed by atoms with Gasteiger partial charge in [-0.1, -0.05) is 30.0 Å². The van der Waals surface area contributed by atoms with Crippen LogP contribution in [-0.4, -0.2) is 54.4 Å². The van der Waals surface area contributed by atoms with Crippen molar-refractivity contribution in [3.8, 4) is 5.69 Å². The summed E-state index contributed by atoms with van der Waals surface area (Å²) in [6, 6.07) is 11.6. The lowest BCUT2D eigenvalue weighted by atomic mass is 9.83. The number of tetrazole rings is 1. The van der Waals surface area contributed by atoms with Gasteiger partial charge in [-0.15, -0.1) is 5.10 Å². The fraction of sp³-hybridized carbons (Fsp3) is 0.350. The molecule has 0 radical (unpaired) electrons. The van der Waals surface area contributed by atoms with Gasteiger partial charge in [0.1, 0.15) is 11.5 Å². The summed E-state index contributed by atoms with van der Waals surface area (Å²) in [7, 11) is 0. The molecule has 2 aliphatic rings. The molecular formula is C20H19FN6O2S. The lowest BCUT2D eigenvalue weighted by molar-refractivity contribution is -0.131. The molecule has 30 heavy (non-hydrogen) atoms. The number of fused-ring (bicyclic) bond motifs is 4. The maximum Gasteiger partial charge on any atom is 0.250 e. The molecule has 0 N–H and O–H groups in total. The molecule has 2 aliphatic heterocycles. The number of thioether (sulfide) groups is 1. The zero-order valence-corrected chi connectivity index (χ0v) is 16.8. The Morgan fingerprint density at radius 2 is 2.00 bits per heavy atom. The molecule has 2 bridgehead atoms. The van der Waals surface area contributed by atoms with Crippen molar-refractivity contribution >= 4 is 17.7 Å². The summed E-state index contributed by atoms with van der Waals surface area (Å²) in [5.41, 5.74) is 1.27. The summed E-state index contributed by atoms with van der Waals surface area (Å²) >= 11 is 1.19. The molecule has 4 heterocycles. The number of likely N-dealkylation sites (tertiary alicyclic amines) is 1. The van der Waals surface area contributed by atoms with Crippen LogP contribution in [0.2, 0.25) is 0 Å². The van der Waals surface area contributed by atoms with E-state index in [1.165, 1.54) is 22.5 Å². The standard InChI is InChI=1S/C20H19FN6O2S/c21-15-4-1-2-5-17(15)27-20(22-23-24-27)30-12-19(29)25-9-13-8-14(11-25)16-6-3-7-18(28)26(16)10-13/h1-7,13-14H,8-12H2. The number of benzene rings is 1. The largest absolute Gasteiger partial charge is 0.341 e. The van der Waals surface area contributed by atoms with Gasteiger partial charge in [0, 0.05) is 37.3 Å². The second-order valence-corrected chi connectivity index (χ2v) is 8.55. The Bertz CT molecular complexity index is 1160. The molecule has 5 rings (SSSR count). The molecule has 3 aromatic rings. The number of hydrogen-bond acceptors (Lipinski definition) is 6. The molecule has 2 aromatic heterocycles. The predicted molar refractivity (Wildman–Crippen MR) is 108 cm³/mol. The number of para-hydroxylation sites is 1. The van der Waals surface area contributed by atoms with E-state index in [9.17, 15) is 14.0 Å². The van der Waals surface area contributed by atoms with Crippen LogP contribution in [0.5, 0.6) is 0 Å². The first-order chi connectivity index (χ1) is 14.6. The third kappa shape index (κ3) is 3.41. The molecule has 2 atom stereocenters. The van der Waals surface area contributed by atoms with Crippen LogP contribution in [-0.2, 0) is 11.3 Å². The average Bonchev–Trinajstić information content (AvgIpc) is 3.21. The monoisotopic (exact) mass is 426 g/mol. The highest BCUT2D eigenvalue weighted by Gasteiger charge is 2.36. The highest BCUT2D eigenvalue weighted by molar-refractivity contribution is 7.99. The Morgan fingerprint density at radius 1 is 1.13 bits per heavy atom. The number of aromatic nitrogens is 5. The third-order valence-corrected chi connectivity index (χ3v) is 6.58. The lowest BCUT2D eigenvalue weighted by Gasteiger charge is -2.42. The minimum Gasteiger partial charge on any atom is -0.341 e. The second-order valence-electron chi connectivity index (χ2n) is 7.61. The Balaban J connectivity index is 1.29. The van der Waals surface area contributed by atoms with E-state index < -0.39 is 5.82 Å². The number of hydrogen-bond donors (Lipinski definition) is 0. The first-order valence-corrected chi connectivity index (χ1v) is 10.7. The van der Waals surface area contributed by atoms with Crippen LogP contribution in [0.15, 0.2) is 52.4 Å². The van der Waals surface area contributed by atoms with Crippen LogP contribution in [0.4, 0.5) is 4.39 Å². The van der Waals surface area contributed by atoms with Crippen LogP contribution >= 0.6 is 11.8 Å². The molecule has 154 valence electrons. The van der Waals surface area contributed by atoms with Gasteiger partial charge in [0.2, 0.25) is 11.1 Å². The Morgan fingerprint density at radius 3 is 2.87 bits per heavy atom. The predicted octanol–water partition coefficient (Wildman–Crippen LogP) is 1.70. The fourth-order valence-electron chi connectivity index (χ4n) is 4.36. The lowest BCUT2D eigenvalue weighted by Crippen LogP contribution is -2.49. The van der Waals surface area contributed by atoms with Crippen LogP contribution < -0.4 is 5.56 Å². The van der Waals surface area contributed by atoms with Crippen LogP contribution in [0.25, 0.3) is 5.69 Å². The van der Waals surface area contributed by atoms with Crippen molar-refractivity contribution in [1.29, 1.82) is 0 Å². The maximum absolute atomic E-state index is 14.1. The molecule has 0 spiro atoms. The average molecular weight is 426 g/mol. The van der Waals surface area contributed by atoms with Gasteiger partial charge in [-0.3, -0.25) is 9.59 Å². The smallest absolute Gasteiger partial charge is 0.250 e. The van der Waals surface area contributed by atoms with Crippen molar-refractivity contribution in [1.82, 2.24) is 29.7 Å². The second kappa shape index (κ2) is 7.67. The minimum atomic E-state index is -0.435. The van der Waals surface area contributed by atoms with E-state index in [0.717, 1.165) is 12.1 Å². The van der Waals surface area contributed by atoms with Gasteiger partial charge >= 0.3 is 0 Å². The molecule has 10 heteroatoms. The molecule has 1 fully saturated rings. The Kier molecular flexibility index (Phi) is 4.86. The molecule has 0 aliphatic carbocycles. The molecule has 1 saturated heterocycles. The van der Waals surface area contributed by atoms with Gasteiger partial charge in [0.25, 0.3) is 5.56 Å². The number of rotatable bonds is 4. The van der Waals surface area contributed by atoms with Crippen molar-refractivity contribution in [2.24, 2.45) is 5.92 Å². The molecule has 1 aromatic carbocycles. The van der Waals surface area contributed by atoms with E-state index >= 15 is 0 Å². The summed E-state index contributed by atoms with van der Waals surface area (Å²) in [6.07, 6.45) is 0.992. The zero-order valence-electron chi connectivity index (χ0n) is 16.0. The SMILES string of the molecule is O=C(CSc1nnnn1-c1ccccc1F)N1CC2CC(C1)c1cccc(=O)n1C2. The highest BCUT2D eigenvalue weighted by Crippen LogP contribution is 2.35. The van der Waals surface area contributed by atoms with E-state index in [4.69, 9.17) is 0 Å². The molecule has 1 amide bonds. The topological polar surface area (TPSA) is 85.9 Å². The molecule has 2 unspecified atom stereocenters. The number of carbonyl (C=O) groups excluding carboxylic acids is 1. The summed E-state index contributed by atoms with van der Waals surface area (Å²) in [5, 5.41) is 11.8. The van der Waals surface area contributed by atoms with Crippen LogP contribution in [0.1, 0.15) is 18.0 Å². The zero-order chi connectivity index (χ0) is 20.7. The highest BCUT2D eigenvalue weighted by atomic mass is 32.2. The third-order valence-electron chi connectivity index (χ3n) is 5.68. The van der Waals surface area contributed by atoms with Crippen molar-refractivity contribution in [3.05, 3.63) is 64.3 Å². The van der Waals surface area contributed by atoms with Crippen molar-refractivity contribution in [2.45, 2.75) is 24.0 Å². The number of amides is 1. The van der Waals surface area contributed by atoms with Crippen LogP contribution in [0.3, 0.4) is 0 Å². The van der Waals surface area contributed by atoms with E-state index in [1.807, 2.05) is 15.5 Å². The number of nitrogens with zero attached hydrogens (tertiary/aromatic N) is 6.